The monoisotopic (exact) mass is 304 g/mol. The van der Waals surface area contributed by atoms with Crippen LogP contribution in [0.1, 0.15) is 25.8 Å². The molecule has 1 N–H and O–H groups in total. The van der Waals surface area contributed by atoms with Crippen molar-refractivity contribution < 1.29 is 4.79 Å². The molecule has 1 aromatic carbocycles. The van der Waals surface area contributed by atoms with Gasteiger partial charge in [0, 0.05) is 23.7 Å². The maximum absolute atomic E-state index is 11.8. The second-order valence-corrected chi connectivity index (χ2v) is 4.64. The molecule has 1 aromatic rings. The highest BCUT2D eigenvalue weighted by Crippen LogP contribution is 2.22. The molecule has 19 heavy (non-hydrogen) atoms. The topological polar surface area (TPSA) is 32.3 Å². The Bertz CT molecular complexity index is 406. The summed E-state index contributed by atoms with van der Waals surface area (Å²) in [4.78, 5) is 14.1. The lowest BCUT2D eigenvalue weighted by Crippen LogP contribution is -2.27. The number of hydrogen-bond donors (Lipinski definition) is 1. The number of halogens is 2. The Hall–Kier alpha value is -0.770. The van der Waals surface area contributed by atoms with Gasteiger partial charge in [0.25, 0.3) is 0 Å². The number of nitrogens with one attached hydrogen (secondary N) is 1. The van der Waals surface area contributed by atoms with E-state index in [0.29, 0.717) is 11.4 Å². The van der Waals surface area contributed by atoms with E-state index in [9.17, 15) is 4.79 Å². The Balaban J connectivity index is 0.00000324. The van der Waals surface area contributed by atoms with Crippen molar-refractivity contribution in [1.82, 2.24) is 4.90 Å². The average molecular weight is 305 g/mol. The molecule has 0 aromatic heterocycles. The number of anilines is 1. The van der Waals surface area contributed by atoms with Crippen LogP contribution in [0.25, 0.3) is 0 Å². The molecule has 0 saturated heterocycles. The van der Waals surface area contributed by atoms with E-state index >= 15 is 0 Å². The van der Waals surface area contributed by atoms with Crippen molar-refractivity contribution in [1.29, 1.82) is 0 Å². The number of benzene rings is 1. The van der Waals surface area contributed by atoms with Crippen molar-refractivity contribution in [2.75, 3.05) is 25.0 Å². The first-order chi connectivity index (χ1) is 8.58. The number of amides is 1. The van der Waals surface area contributed by atoms with Crippen LogP contribution >= 0.6 is 24.0 Å². The van der Waals surface area contributed by atoms with E-state index in [1.807, 2.05) is 25.1 Å². The lowest BCUT2D eigenvalue weighted by atomic mass is 10.2. The molecule has 0 aliphatic heterocycles. The molecule has 0 radical (unpaired) electrons. The predicted octanol–water partition coefficient (Wildman–Crippen LogP) is 3.74. The van der Waals surface area contributed by atoms with E-state index in [2.05, 4.69) is 24.1 Å². The van der Waals surface area contributed by atoms with Crippen LogP contribution in [0.2, 0.25) is 5.02 Å². The van der Waals surface area contributed by atoms with Gasteiger partial charge in [0.15, 0.2) is 0 Å². The van der Waals surface area contributed by atoms with Crippen molar-refractivity contribution in [2.24, 2.45) is 0 Å². The van der Waals surface area contributed by atoms with Crippen LogP contribution in [0.15, 0.2) is 18.2 Å². The van der Waals surface area contributed by atoms with E-state index in [-0.39, 0.29) is 18.3 Å². The number of carbonyl (C=O) groups excluding carboxylic acids is 1. The molecule has 3 nitrogen and oxygen atoms in total. The maximum atomic E-state index is 11.8. The minimum Gasteiger partial charge on any atom is -0.326 e. The van der Waals surface area contributed by atoms with Gasteiger partial charge in [-0.15, -0.1) is 12.4 Å². The lowest BCUT2D eigenvalue weighted by Gasteiger charge is -2.17. The Labute approximate surface area is 126 Å². The number of hydrogen-bond acceptors (Lipinski definition) is 2. The zero-order valence-corrected chi connectivity index (χ0v) is 13.3. The maximum Gasteiger partial charge on any atom is 0.225 e. The summed E-state index contributed by atoms with van der Waals surface area (Å²) in [5, 5.41) is 3.58. The van der Waals surface area contributed by atoms with E-state index in [4.69, 9.17) is 11.6 Å². The van der Waals surface area contributed by atoms with Gasteiger partial charge in [0.2, 0.25) is 5.91 Å². The fraction of sp³-hybridized carbons (Fsp3) is 0.500. The molecule has 0 fully saturated rings. The van der Waals surface area contributed by atoms with Crippen molar-refractivity contribution >= 4 is 35.6 Å². The van der Waals surface area contributed by atoms with Gasteiger partial charge in [0.1, 0.15) is 0 Å². The third-order valence-corrected chi connectivity index (χ3v) is 3.50. The normalized spacial score (nSPS) is 10.2. The molecule has 0 bridgehead atoms. The summed E-state index contributed by atoms with van der Waals surface area (Å²) >= 11 is 6.01. The first-order valence-electron chi connectivity index (χ1n) is 6.35. The van der Waals surface area contributed by atoms with Gasteiger partial charge in [0.05, 0.1) is 0 Å². The summed E-state index contributed by atoms with van der Waals surface area (Å²) in [6.07, 6.45) is 0.508. The highest BCUT2D eigenvalue weighted by Gasteiger charge is 2.08. The number of nitrogens with zero attached hydrogens (tertiary/aromatic N) is 1. The summed E-state index contributed by atoms with van der Waals surface area (Å²) in [6.45, 7) is 8.84. The molecule has 0 aliphatic carbocycles. The van der Waals surface area contributed by atoms with Crippen LogP contribution in [0.3, 0.4) is 0 Å². The molecular formula is C14H22Cl2N2O. The first-order valence-corrected chi connectivity index (χ1v) is 6.73. The summed E-state index contributed by atoms with van der Waals surface area (Å²) in [7, 11) is 0. The zero-order chi connectivity index (χ0) is 13.5. The van der Waals surface area contributed by atoms with Crippen molar-refractivity contribution in [3.63, 3.8) is 0 Å². The molecule has 0 saturated carbocycles. The summed E-state index contributed by atoms with van der Waals surface area (Å²) in [6, 6.07) is 5.54. The average Bonchev–Trinajstić information content (AvgIpc) is 2.36. The van der Waals surface area contributed by atoms with E-state index in [0.717, 1.165) is 30.9 Å². The fourth-order valence-corrected chi connectivity index (χ4v) is 1.93. The largest absolute Gasteiger partial charge is 0.326 e. The van der Waals surface area contributed by atoms with E-state index in [1.165, 1.54) is 0 Å². The Morgan fingerprint density at radius 1 is 1.32 bits per heavy atom. The van der Waals surface area contributed by atoms with Crippen LogP contribution in [-0.2, 0) is 4.79 Å². The zero-order valence-electron chi connectivity index (χ0n) is 11.7. The van der Waals surface area contributed by atoms with Crippen molar-refractivity contribution in [2.45, 2.75) is 27.2 Å². The van der Waals surface area contributed by atoms with Crippen LogP contribution in [0.4, 0.5) is 5.69 Å². The second kappa shape index (κ2) is 9.18. The molecule has 0 atom stereocenters. The summed E-state index contributed by atoms with van der Waals surface area (Å²) in [5.41, 5.74) is 1.71. The van der Waals surface area contributed by atoms with Crippen LogP contribution in [-0.4, -0.2) is 30.4 Å². The SMILES string of the molecule is CCN(CC)CCC(=O)Nc1cccc(Cl)c1C.Cl. The van der Waals surface area contributed by atoms with Gasteiger partial charge in [-0.25, -0.2) is 0 Å². The highest BCUT2D eigenvalue weighted by atomic mass is 35.5. The van der Waals surface area contributed by atoms with Gasteiger partial charge in [-0.3, -0.25) is 4.79 Å². The predicted molar refractivity (Wildman–Crippen MR) is 84.5 cm³/mol. The molecule has 0 heterocycles. The fourth-order valence-electron chi connectivity index (χ4n) is 1.76. The number of rotatable bonds is 6. The Morgan fingerprint density at radius 2 is 1.95 bits per heavy atom. The van der Waals surface area contributed by atoms with Gasteiger partial charge in [-0.1, -0.05) is 31.5 Å². The minimum absolute atomic E-state index is 0. The van der Waals surface area contributed by atoms with Gasteiger partial charge in [-0.05, 0) is 37.7 Å². The van der Waals surface area contributed by atoms with Crippen molar-refractivity contribution in [3.05, 3.63) is 28.8 Å². The van der Waals surface area contributed by atoms with Crippen LogP contribution < -0.4 is 5.32 Å². The molecule has 0 unspecified atom stereocenters. The standard InChI is InChI=1S/C14H21ClN2O.ClH/c1-4-17(5-2)10-9-14(18)16-13-8-6-7-12(15)11(13)3;/h6-8H,4-5,9-10H2,1-3H3,(H,16,18);1H. The van der Waals surface area contributed by atoms with Gasteiger partial charge < -0.3 is 10.2 Å². The van der Waals surface area contributed by atoms with Gasteiger partial charge >= 0.3 is 0 Å². The van der Waals surface area contributed by atoms with Crippen LogP contribution in [0.5, 0.6) is 0 Å². The van der Waals surface area contributed by atoms with E-state index < -0.39 is 0 Å². The third-order valence-electron chi connectivity index (χ3n) is 3.09. The molecule has 108 valence electrons. The molecule has 1 amide bonds. The molecule has 0 aliphatic rings. The van der Waals surface area contributed by atoms with E-state index in [1.54, 1.807) is 0 Å². The number of carbonyl (C=O) groups is 1. The molecular weight excluding hydrogens is 283 g/mol. The second-order valence-electron chi connectivity index (χ2n) is 4.24. The molecule has 5 heteroatoms. The van der Waals surface area contributed by atoms with Gasteiger partial charge in [-0.2, -0.15) is 0 Å². The first kappa shape index (κ1) is 18.2. The van der Waals surface area contributed by atoms with Crippen LogP contribution in [0, 0.1) is 6.92 Å². The highest BCUT2D eigenvalue weighted by molar-refractivity contribution is 6.31. The Kier molecular flexibility index (Phi) is 8.81. The Morgan fingerprint density at radius 3 is 2.53 bits per heavy atom. The minimum atomic E-state index is 0. The summed E-state index contributed by atoms with van der Waals surface area (Å²) in [5.74, 6) is 0.0345. The smallest absolute Gasteiger partial charge is 0.225 e. The van der Waals surface area contributed by atoms with Crippen molar-refractivity contribution in [3.8, 4) is 0 Å². The summed E-state index contributed by atoms with van der Waals surface area (Å²) < 4.78 is 0. The quantitative estimate of drug-likeness (QED) is 0.868. The lowest BCUT2D eigenvalue weighted by molar-refractivity contribution is -0.116. The molecule has 1 rings (SSSR count). The third kappa shape index (κ3) is 5.81. The molecule has 0 spiro atoms.